The highest BCUT2D eigenvalue weighted by Gasteiger charge is 2.26. The number of nitrogens with one attached hydrogen (secondary N) is 1. The molecule has 1 aromatic rings. The number of amidine groups is 1. The van der Waals surface area contributed by atoms with Gasteiger partial charge in [-0.1, -0.05) is 6.92 Å². The molecule has 2 rings (SSSR count). The van der Waals surface area contributed by atoms with Gasteiger partial charge in [-0.15, -0.1) is 0 Å². The Morgan fingerprint density at radius 2 is 2.22 bits per heavy atom. The maximum absolute atomic E-state index is 7.46. The molecule has 0 saturated carbocycles. The van der Waals surface area contributed by atoms with Crippen LogP contribution in [0.4, 0.5) is 5.69 Å². The molecule has 1 fully saturated rings. The Labute approximate surface area is 121 Å². The normalized spacial score (nSPS) is 24.1. The first kappa shape index (κ1) is 13.7. The Hall–Kier alpha value is -0.680. The third-order valence-electron chi connectivity index (χ3n) is 3.45. The summed E-state index contributed by atoms with van der Waals surface area (Å²) in [4.78, 5) is 2.43. The highest BCUT2D eigenvalue weighted by atomic mass is 79.9. The lowest BCUT2D eigenvalue weighted by Crippen LogP contribution is -2.44. The first-order chi connectivity index (χ1) is 8.50. The van der Waals surface area contributed by atoms with Crippen LogP contribution in [0.5, 0.6) is 0 Å². The quantitative estimate of drug-likeness (QED) is 0.648. The lowest BCUT2D eigenvalue weighted by Gasteiger charge is -2.39. The minimum Gasteiger partial charge on any atom is -0.384 e. The maximum Gasteiger partial charge on any atom is 0.122 e. The fourth-order valence-corrected chi connectivity index (χ4v) is 3.89. The van der Waals surface area contributed by atoms with E-state index in [1.807, 2.05) is 23.9 Å². The van der Waals surface area contributed by atoms with E-state index in [0.29, 0.717) is 11.3 Å². The first-order valence-corrected chi connectivity index (χ1v) is 7.87. The van der Waals surface area contributed by atoms with Crippen LogP contribution in [0.3, 0.4) is 0 Å². The van der Waals surface area contributed by atoms with Gasteiger partial charge in [0.25, 0.3) is 0 Å². The van der Waals surface area contributed by atoms with Crippen molar-refractivity contribution < 1.29 is 0 Å². The number of thioether (sulfide) groups is 1. The van der Waals surface area contributed by atoms with Crippen molar-refractivity contribution in [2.45, 2.75) is 25.1 Å². The molecule has 0 aliphatic carbocycles. The second-order valence-corrected chi connectivity index (χ2v) is 6.93. The number of halogens is 1. The molecule has 1 heterocycles. The summed E-state index contributed by atoms with van der Waals surface area (Å²) < 4.78 is 1.01. The number of hydrogen-bond acceptors (Lipinski definition) is 3. The van der Waals surface area contributed by atoms with E-state index in [0.717, 1.165) is 22.3 Å². The van der Waals surface area contributed by atoms with Crippen LogP contribution < -0.4 is 10.6 Å². The SMILES string of the molecule is CC1SCCN(c2ccc(C(=N)N)cc2Br)C1C. The predicted molar refractivity (Wildman–Crippen MR) is 83.9 cm³/mol. The van der Waals surface area contributed by atoms with Gasteiger partial charge >= 0.3 is 0 Å². The number of nitrogen functional groups attached to an aromatic ring is 1. The van der Waals surface area contributed by atoms with Crippen LogP contribution in [0, 0.1) is 5.41 Å². The Balaban J connectivity index is 2.30. The van der Waals surface area contributed by atoms with Gasteiger partial charge in [0, 0.05) is 33.6 Å². The van der Waals surface area contributed by atoms with Gasteiger partial charge in [-0.3, -0.25) is 5.41 Å². The summed E-state index contributed by atoms with van der Waals surface area (Å²) >= 11 is 5.63. The Kier molecular flexibility index (Phi) is 4.22. The number of nitrogens with two attached hydrogens (primary N) is 1. The minimum absolute atomic E-state index is 0.109. The van der Waals surface area contributed by atoms with Gasteiger partial charge in [0.05, 0.1) is 5.69 Å². The molecule has 0 amide bonds. The van der Waals surface area contributed by atoms with Crippen molar-refractivity contribution in [2.24, 2.45) is 5.73 Å². The molecule has 5 heteroatoms. The molecule has 3 N–H and O–H groups in total. The van der Waals surface area contributed by atoms with E-state index in [9.17, 15) is 0 Å². The van der Waals surface area contributed by atoms with Crippen molar-refractivity contribution in [1.82, 2.24) is 0 Å². The Morgan fingerprint density at radius 3 is 2.83 bits per heavy atom. The molecule has 0 bridgehead atoms. The zero-order valence-corrected chi connectivity index (χ0v) is 13.0. The van der Waals surface area contributed by atoms with Crippen LogP contribution in [0.25, 0.3) is 0 Å². The number of nitrogens with zero attached hydrogens (tertiary/aromatic N) is 1. The molecule has 18 heavy (non-hydrogen) atoms. The smallest absolute Gasteiger partial charge is 0.122 e. The van der Waals surface area contributed by atoms with Crippen molar-refractivity contribution in [3.05, 3.63) is 28.2 Å². The molecule has 2 atom stereocenters. The lowest BCUT2D eigenvalue weighted by atomic mass is 10.1. The van der Waals surface area contributed by atoms with Crippen LogP contribution in [0.15, 0.2) is 22.7 Å². The lowest BCUT2D eigenvalue weighted by molar-refractivity contribution is 0.626. The molecule has 1 aromatic carbocycles. The van der Waals surface area contributed by atoms with E-state index >= 15 is 0 Å². The van der Waals surface area contributed by atoms with Crippen LogP contribution in [-0.2, 0) is 0 Å². The van der Waals surface area contributed by atoms with E-state index in [1.165, 1.54) is 5.69 Å². The van der Waals surface area contributed by atoms with E-state index in [1.54, 1.807) is 0 Å². The molecule has 2 unspecified atom stereocenters. The van der Waals surface area contributed by atoms with Crippen LogP contribution >= 0.6 is 27.7 Å². The fourth-order valence-electron chi connectivity index (χ4n) is 2.18. The third kappa shape index (κ3) is 2.67. The standard InChI is InChI=1S/C13H18BrN3S/c1-8-9(2)18-6-5-17(8)12-4-3-10(13(15)16)7-11(12)14/h3-4,7-9H,5-6H2,1-2H3,(H3,15,16). The average molecular weight is 328 g/mol. The van der Waals surface area contributed by atoms with Gasteiger partial charge in [-0.05, 0) is 41.1 Å². The minimum atomic E-state index is 0.109. The fraction of sp³-hybridized carbons (Fsp3) is 0.462. The molecule has 0 aromatic heterocycles. The molecule has 0 spiro atoms. The summed E-state index contributed by atoms with van der Waals surface area (Å²) in [5.74, 6) is 1.27. The van der Waals surface area contributed by atoms with Crippen molar-refractivity contribution >= 4 is 39.2 Å². The molecule has 98 valence electrons. The number of anilines is 1. The van der Waals surface area contributed by atoms with Crippen molar-refractivity contribution in [3.63, 3.8) is 0 Å². The van der Waals surface area contributed by atoms with Crippen molar-refractivity contribution in [3.8, 4) is 0 Å². The summed E-state index contributed by atoms with van der Waals surface area (Å²) in [6, 6.07) is 6.42. The Morgan fingerprint density at radius 1 is 1.50 bits per heavy atom. The van der Waals surface area contributed by atoms with E-state index in [-0.39, 0.29) is 5.84 Å². The topological polar surface area (TPSA) is 53.1 Å². The number of rotatable bonds is 2. The average Bonchev–Trinajstić information content (AvgIpc) is 2.33. The molecule has 3 nitrogen and oxygen atoms in total. The molecule has 0 radical (unpaired) electrons. The summed E-state index contributed by atoms with van der Waals surface area (Å²) in [7, 11) is 0. The van der Waals surface area contributed by atoms with Crippen LogP contribution in [0.1, 0.15) is 19.4 Å². The molecule has 1 aliphatic heterocycles. The number of hydrogen-bond donors (Lipinski definition) is 2. The zero-order valence-electron chi connectivity index (χ0n) is 10.6. The summed E-state index contributed by atoms with van der Waals surface area (Å²) in [5, 5.41) is 8.10. The zero-order chi connectivity index (χ0) is 13.3. The first-order valence-electron chi connectivity index (χ1n) is 6.03. The summed E-state index contributed by atoms with van der Waals surface area (Å²) in [6.45, 7) is 5.61. The molecule has 1 saturated heterocycles. The summed E-state index contributed by atoms with van der Waals surface area (Å²) in [5.41, 5.74) is 7.46. The molecule has 1 aliphatic rings. The molecular formula is C13H18BrN3S. The summed E-state index contributed by atoms with van der Waals surface area (Å²) in [6.07, 6.45) is 0. The van der Waals surface area contributed by atoms with Crippen molar-refractivity contribution in [2.75, 3.05) is 17.2 Å². The van der Waals surface area contributed by atoms with Gasteiger partial charge in [0.1, 0.15) is 5.84 Å². The largest absolute Gasteiger partial charge is 0.384 e. The third-order valence-corrected chi connectivity index (χ3v) is 5.43. The van der Waals surface area contributed by atoms with Gasteiger partial charge in [-0.25, -0.2) is 0 Å². The predicted octanol–water partition coefficient (Wildman–Crippen LogP) is 3.06. The highest BCUT2D eigenvalue weighted by Crippen LogP contribution is 2.34. The van der Waals surface area contributed by atoms with Gasteiger partial charge < -0.3 is 10.6 Å². The van der Waals surface area contributed by atoms with Crippen molar-refractivity contribution in [1.29, 1.82) is 5.41 Å². The van der Waals surface area contributed by atoms with Crippen LogP contribution in [0.2, 0.25) is 0 Å². The van der Waals surface area contributed by atoms with Gasteiger partial charge in [0.15, 0.2) is 0 Å². The highest BCUT2D eigenvalue weighted by molar-refractivity contribution is 9.10. The molecular weight excluding hydrogens is 310 g/mol. The van der Waals surface area contributed by atoms with Gasteiger partial charge in [0.2, 0.25) is 0 Å². The second-order valence-electron chi connectivity index (χ2n) is 4.59. The van der Waals surface area contributed by atoms with E-state index in [2.05, 4.69) is 40.7 Å². The maximum atomic E-state index is 7.46. The van der Waals surface area contributed by atoms with Crippen LogP contribution in [-0.4, -0.2) is 29.4 Å². The van der Waals surface area contributed by atoms with E-state index in [4.69, 9.17) is 11.1 Å². The monoisotopic (exact) mass is 327 g/mol. The van der Waals surface area contributed by atoms with Gasteiger partial charge in [-0.2, -0.15) is 11.8 Å². The van der Waals surface area contributed by atoms with E-state index < -0.39 is 0 Å². The second kappa shape index (κ2) is 5.53. The number of benzene rings is 1. The Bertz CT molecular complexity index is 464.